The average Bonchev–Trinajstić information content (AvgIpc) is 2.57. The van der Waals surface area contributed by atoms with E-state index in [-0.39, 0.29) is 29.7 Å². The lowest BCUT2D eigenvalue weighted by atomic mass is 9.97. The molecule has 0 spiro atoms. The summed E-state index contributed by atoms with van der Waals surface area (Å²) in [6.07, 6.45) is 0.905. The van der Waals surface area contributed by atoms with Gasteiger partial charge in [0.05, 0.1) is 6.04 Å². The van der Waals surface area contributed by atoms with Crippen LogP contribution in [0.25, 0.3) is 0 Å². The highest BCUT2D eigenvalue weighted by Gasteiger charge is 2.24. The van der Waals surface area contributed by atoms with E-state index in [1.807, 2.05) is 32.9 Å². The van der Waals surface area contributed by atoms with E-state index < -0.39 is 6.04 Å². The fourth-order valence-corrected chi connectivity index (χ4v) is 2.27. The van der Waals surface area contributed by atoms with Crippen LogP contribution in [-0.2, 0) is 4.79 Å². The lowest BCUT2D eigenvalue weighted by Crippen LogP contribution is -2.53. The van der Waals surface area contributed by atoms with Crippen molar-refractivity contribution in [2.24, 2.45) is 17.6 Å². The van der Waals surface area contributed by atoms with Crippen LogP contribution in [-0.4, -0.2) is 30.4 Å². The van der Waals surface area contributed by atoms with Crippen molar-refractivity contribution in [1.82, 2.24) is 10.6 Å². The number of carbonyl (C=O) groups is 2. The Labute approximate surface area is 145 Å². The van der Waals surface area contributed by atoms with Gasteiger partial charge in [0.2, 0.25) is 5.91 Å². The average molecular weight is 333 g/mol. The van der Waals surface area contributed by atoms with Crippen molar-refractivity contribution in [3.63, 3.8) is 0 Å². The number of hydrogen-bond acceptors (Lipinski definition) is 3. The Kier molecular flexibility index (Phi) is 7.92. The quantitative estimate of drug-likeness (QED) is 0.682. The molecule has 0 aliphatic heterocycles. The fraction of sp³-hybridized carbons (Fsp3) is 0.579. The third kappa shape index (κ3) is 5.96. The number of aryl methyl sites for hydroxylation is 1. The van der Waals surface area contributed by atoms with Gasteiger partial charge in [0, 0.05) is 18.2 Å². The van der Waals surface area contributed by atoms with Gasteiger partial charge in [0.25, 0.3) is 5.91 Å². The summed E-state index contributed by atoms with van der Waals surface area (Å²) in [6, 6.07) is 6.74. The van der Waals surface area contributed by atoms with Crippen molar-refractivity contribution < 1.29 is 9.59 Å². The zero-order valence-corrected chi connectivity index (χ0v) is 15.4. The van der Waals surface area contributed by atoms with Crippen molar-refractivity contribution >= 4 is 11.8 Å². The number of benzene rings is 1. The SMILES string of the molecule is CC[C@H](C)[C@@H](CNC(=O)c1ccc(C)cc1)NC(=O)C(N)C(C)C. The van der Waals surface area contributed by atoms with E-state index in [2.05, 4.69) is 24.5 Å². The first-order chi connectivity index (χ1) is 11.3. The molecule has 0 saturated heterocycles. The highest BCUT2D eigenvalue weighted by molar-refractivity contribution is 5.94. The van der Waals surface area contributed by atoms with Crippen molar-refractivity contribution in [3.8, 4) is 0 Å². The third-order valence-corrected chi connectivity index (χ3v) is 4.48. The molecule has 1 aromatic rings. The van der Waals surface area contributed by atoms with Gasteiger partial charge in [-0.3, -0.25) is 9.59 Å². The fourth-order valence-electron chi connectivity index (χ4n) is 2.27. The molecule has 0 aliphatic carbocycles. The van der Waals surface area contributed by atoms with Crippen LogP contribution in [0.15, 0.2) is 24.3 Å². The molecular formula is C19H31N3O2. The minimum Gasteiger partial charge on any atom is -0.350 e. The molecule has 5 nitrogen and oxygen atoms in total. The molecule has 0 heterocycles. The molecule has 3 atom stereocenters. The Morgan fingerprint density at radius 2 is 1.71 bits per heavy atom. The van der Waals surface area contributed by atoms with Gasteiger partial charge >= 0.3 is 0 Å². The number of carbonyl (C=O) groups excluding carboxylic acids is 2. The maximum atomic E-state index is 12.3. The molecule has 1 unspecified atom stereocenters. The zero-order valence-electron chi connectivity index (χ0n) is 15.4. The molecule has 0 aromatic heterocycles. The monoisotopic (exact) mass is 333 g/mol. The highest BCUT2D eigenvalue weighted by Crippen LogP contribution is 2.09. The second-order valence-corrected chi connectivity index (χ2v) is 6.85. The summed E-state index contributed by atoms with van der Waals surface area (Å²) >= 11 is 0. The van der Waals surface area contributed by atoms with Crippen LogP contribution in [0.1, 0.15) is 50.0 Å². The lowest BCUT2D eigenvalue weighted by molar-refractivity contribution is -0.124. The minimum atomic E-state index is -0.538. The molecule has 24 heavy (non-hydrogen) atoms. The molecule has 0 radical (unpaired) electrons. The Morgan fingerprint density at radius 3 is 2.21 bits per heavy atom. The predicted molar refractivity (Wildman–Crippen MR) is 97.7 cm³/mol. The first-order valence-electron chi connectivity index (χ1n) is 8.67. The topological polar surface area (TPSA) is 84.2 Å². The molecular weight excluding hydrogens is 302 g/mol. The van der Waals surface area contributed by atoms with Crippen LogP contribution in [0.2, 0.25) is 0 Å². The number of rotatable bonds is 8. The summed E-state index contributed by atoms with van der Waals surface area (Å²) < 4.78 is 0. The van der Waals surface area contributed by atoms with E-state index in [0.29, 0.717) is 12.1 Å². The van der Waals surface area contributed by atoms with E-state index in [4.69, 9.17) is 5.73 Å². The number of amides is 2. The predicted octanol–water partition coefficient (Wildman–Crippen LogP) is 2.24. The molecule has 0 fully saturated rings. The number of nitrogens with two attached hydrogens (primary N) is 1. The smallest absolute Gasteiger partial charge is 0.251 e. The lowest BCUT2D eigenvalue weighted by Gasteiger charge is -2.27. The van der Waals surface area contributed by atoms with Gasteiger partial charge in [0.1, 0.15) is 0 Å². The van der Waals surface area contributed by atoms with Gasteiger partial charge < -0.3 is 16.4 Å². The second kappa shape index (κ2) is 9.42. The number of nitrogens with one attached hydrogen (secondary N) is 2. The largest absolute Gasteiger partial charge is 0.350 e. The minimum absolute atomic E-state index is 0.0738. The van der Waals surface area contributed by atoms with E-state index in [9.17, 15) is 9.59 Å². The van der Waals surface area contributed by atoms with Crippen LogP contribution < -0.4 is 16.4 Å². The van der Waals surface area contributed by atoms with E-state index in [1.165, 1.54) is 0 Å². The van der Waals surface area contributed by atoms with Gasteiger partial charge in [-0.15, -0.1) is 0 Å². The van der Waals surface area contributed by atoms with Crippen molar-refractivity contribution in [2.75, 3.05) is 6.54 Å². The Balaban J connectivity index is 2.67. The van der Waals surface area contributed by atoms with Gasteiger partial charge in [-0.05, 0) is 30.9 Å². The van der Waals surface area contributed by atoms with E-state index in [1.54, 1.807) is 12.1 Å². The maximum Gasteiger partial charge on any atom is 0.251 e. The number of hydrogen-bond donors (Lipinski definition) is 3. The molecule has 0 saturated carbocycles. The Bertz CT molecular complexity index is 540. The van der Waals surface area contributed by atoms with Crippen LogP contribution in [0, 0.1) is 18.8 Å². The third-order valence-electron chi connectivity index (χ3n) is 4.48. The van der Waals surface area contributed by atoms with E-state index in [0.717, 1.165) is 12.0 Å². The van der Waals surface area contributed by atoms with Crippen molar-refractivity contribution in [2.45, 2.75) is 53.1 Å². The molecule has 2 amide bonds. The van der Waals surface area contributed by atoms with Crippen molar-refractivity contribution in [1.29, 1.82) is 0 Å². The summed E-state index contributed by atoms with van der Waals surface area (Å²) in [5, 5.41) is 5.90. The van der Waals surface area contributed by atoms with Crippen molar-refractivity contribution in [3.05, 3.63) is 35.4 Å². The summed E-state index contributed by atoms with van der Waals surface area (Å²) in [5.74, 6) is 0.0157. The first kappa shape index (κ1) is 20.2. The second-order valence-electron chi connectivity index (χ2n) is 6.85. The first-order valence-corrected chi connectivity index (χ1v) is 8.67. The molecule has 0 bridgehead atoms. The normalized spacial score (nSPS) is 14.8. The van der Waals surface area contributed by atoms with Gasteiger partial charge in [0.15, 0.2) is 0 Å². The molecule has 4 N–H and O–H groups in total. The van der Waals surface area contributed by atoms with Crippen LogP contribution >= 0.6 is 0 Å². The summed E-state index contributed by atoms with van der Waals surface area (Å²) in [4.78, 5) is 24.5. The molecule has 5 heteroatoms. The van der Waals surface area contributed by atoms with E-state index >= 15 is 0 Å². The standard InChI is InChI=1S/C19H31N3O2/c1-6-14(5)16(22-19(24)17(20)12(2)3)11-21-18(23)15-9-7-13(4)8-10-15/h7-10,12,14,16-17H,6,11,20H2,1-5H3,(H,21,23)(H,22,24)/t14-,16+,17?/m0/s1. The van der Waals surface area contributed by atoms with Crippen LogP contribution in [0.4, 0.5) is 0 Å². The van der Waals surface area contributed by atoms with Gasteiger partial charge in [-0.2, -0.15) is 0 Å². The molecule has 0 aliphatic rings. The molecule has 134 valence electrons. The summed E-state index contributed by atoms with van der Waals surface area (Å²) in [7, 11) is 0. The van der Waals surface area contributed by atoms with Gasteiger partial charge in [-0.25, -0.2) is 0 Å². The van der Waals surface area contributed by atoms with Crippen LogP contribution in [0.3, 0.4) is 0 Å². The highest BCUT2D eigenvalue weighted by atomic mass is 16.2. The Morgan fingerprint density at radius 1 is 1.12 bits per heavy atom. The molecule has 1 aromatic carbocycles. The summed E-state index contributed by atoms with van der Waals surface area (Å²) in [6.45, 7) is 10.3. The van der Waals surface area contributed by atoms with Gasteiger partial charge in [-0.1, -0.05) is 51.8 Å². The Hall–Kier alpha value is -1.88. The summed E-state index contributed by atoms with van der Waals surface area (Å²) in [5.41, 5.74) is 7.64. The van der Waals surface area contributed by atoms with Crippen LogP contribution in [0.5, 0.6) is 0 Å². The molecule has 1 rings (SSSR count). The zero-order chi connectivity index (χ0) is 18.3. The maximum absolute atomic E-state index is 12.3.